The van der Waals surface area contributed by atoms with Gasteiger partial charge in [-0.25, -0.2) is 9.37 Å². The molecule has 1 aromatic carbocycles. The second-order valence-corrected chi connectivity index (χ2v) is 5.40. The molecular formula is C13H13FN2S. The fourth-order valence-corrected chi connectivity index (χ4v) is 2.53. The Morgan fingerprint density at radius 3 is 2.76 bits per heavy atom. The monoisotopic (exact) mass is 248 g/mol. The number of nitrogens with zero attached hydrogens (tertiary/aromatic N) is 1. The Bertz CT molecular complexity index is 502. The SMILES string of the molecule is Fc1ccc(-c2cnc(CNC3CC3)s2)cc1. The molecule has 0 spiro atoms. The molecule has 0 saturated heterocycles. The smallest absolute Gasteiger partial charge is 0.123 e. The van der Waals surface area contributed by atoms with Crippen LogP contribution in [0.2, 0.25) is 0 Å². The van der Waals surface area contributed by atoms with E-state index in [1.165, 1.54) is 25.0 Å². The minimum Gasteiger partial charge on any atom is -0.308 e. The maximum atomic E-state index is 12.8. The summed E-state index contributed by atoms with van der Waals surface area (Å²) < 4.78 is 12.8. The third kappa shape index (κ3) is 2.70. The van der Waals surface area contributed by atoms with Crippen molar-refractivity contribution >= 4 is 11.3 Å². The van der Waals surface area contributed by atoms with Crippen LogP contribution in [0, 0.1) is 5.82 Å². The zero-order chi connectivity index (χ0) is 11.7. The minimum absolute atomic E-state index is 0.200. The van der Waals surface area contributed by atoms with Crippen molar-refractivity contribution in [2.75, 3.05) is 0 Å². The van der Waals surface area contributed by atoms with Gasteiger partial charge in [0.25, 0.3) is 0 Å². The van der Waals surface area contributed by atoms with Crippen molar-refractivity contribution in [1.82, 2.24) is 10.3 Å². The predicted molar refractivity (Wildman–Crippen MR) is 67.4 cm³/mol. The van der Waals surface area contributed by atoms with Crippen LogP contribution in [0.3, 0.4) is 0 Å². The number of aromatic nitrogens is 1. The van der Waals surface area contributed by atoms with Crippen molar-refractivity contribution in [3.8, 4) is 10.4 Å². The van der Waals surface area contributed by atoms with Crippen LogP contribution in [0.5, 0.6) is 0 Å². The number of thiazole rings is 1. The van der Waals surface area contributed by atoms with Crippen molar-refractivity contribution in [3.05, 3.63) is 41.3 Å². The molecule has 1 fully saturated rings. The number of nitrogens with one attached hydrogen (secondary N) is 1. The Morgan fingerprint density at radius 2 is 2.06 bits per heavy atom. The average Bonchev–Trinajstić information content (AvgIpc) is 3.06. The van der Waals surface area contributed by atoms with Gasteiger partial charge in [0.05, 0.1) is 4.88 Å². The van der Waals surface area contributed by atoms with Gasteiger partial charge in [0.15, 0.2) is 0 Å². The molecule has 1 heterocycles. The van der Waals surface area contributed by atoms with E-state index in [0.717, 1.165) is 22.0 Å². The van der Waals surface area contributed by atoms with Crippen molar-refractivity contribution in [2.24, 2.45) is 0 Å². The molecule has 4 heteroatoms. The molecule has 1 aromatic heterocycles. The largest absolute Gasteiger partial charge is 0.308 e. The van der Waals surface area contributed by atoms with E-state index in [4.69, 9.17) is 0 Å². The molecular weight excluding hydrogens is 235 g/mol. The average molecular weight is 248 g/mol. The molecule has 1 N–H and O–H groups in total. The summed E-state index contributed by atoms with van der Waals surface area (Å²) >= 11 is 1.67. The Hall–Kier alpha value is -1.26. The summed E-state index contributed by atoms with van der Waals surface area (Å²) in [5, 5.41) is 4.53. The van der Waals surface area contributed by atoms with Gasteiger partial charge in [-0.1, -0.05) is 12.1 Å². The van der Waals surface area contributed by atoms with Gasteiger partial charge in [-0.15, -0.1) is 11.3 Å². The summed E-state index contributed by atoms with van der Waals surface area (Å²) in [6, 6.07) is 7.25. The van der Waals surface area contributed by atoms with E-state index in [1.807, 2.05) is 6.20 Å². The Labute approximate surface area is 104 Å². The maximum Gasteiger partial charge on any atom is 0.123 e. The van der Waals surface area contributed by atoms with Crippen molar-refractivity contribution in [3.63, 3.8) is 0 Å². The lowest BCUT2D eigenvalue weighted by atomic mass is 10.2. The fraction of sp³-hybridized carbons (Fsp3) is 0.308. The van der Waals surface area contributed by atoms with Gasteiger partial charge in [-0.3, -0.25) is 0 Å². The van der Waals surface area contributed by atoms with Crippen LogP contribution >= 0.6 is 11.3 Å². The fourth-order valence-electron chi connectivity index (χ4n) is 1.66. The van der Waals surface area contributed by atoms with Crippen LogP contribution in [0.4, 0.5) is 4.39 Å². The lowest BCUT2D eigenvalue weighted by molar-refractivity contribution is 0.628. The molecule has 0 radical (unpaired) electrons. The maximum absolute atomic E-state index is 12.8. The first-order valence-electron chi connectivity index (χ1n) is 5.75. The van der Waals surface area contributed by atoms with E-state index in [2.05, 4.69) is 10.3 Å². The van der Waals surface area contributed by atoms with Gasteiger partial charge in [-0.05, 0) is 30.5 Å². The summed E-state index contributed by atoms with van der Waals surface area (Å²) in [6.45, 7) is 0.844. The molecule has 1 aliphatic rings. The number of benzene rings is 1. The topological polar surface area (TPSA) is 24.9 Å². The van der Waals surface area contributed by atoms with Crippen molar-refractivity contribution in [2.45, 2.75) is 25.4 Å². The summed E-state index contributed by atoms with van der Waals surface area (Å²) in [4.78, 5) is 5.47. The first-order valence-corrected chi connectivity index (χ1v) is 6.57. The molecule has 2 aromatic rings. The molecule has 0 amide bonds. The molecule has 0 atom stereocenters. The number of rotatable bonds is 4. The molecule has 0 bridgehead atoms. The molecule has 0 unspecified atom stereocenters. The van der Waals surface area contributed by atoms with Gasteiger partial charge in [0.1, 0.15) is 10.8 Å². The number of hydrogen-bond donors (Lipinski definition) is 1. The first-order chi connectivity index (χ1) is 8.31. The lowest BCUT2D eigenvalue weighted by Gasteiger charge is -1.97. The molecule has 3 rings (SSSR count). The van der Waals surface area contributed by atoms with Gasteiger partial charge in [0.2, 0.25) is 0 Å². The highest BCUT2D eigenvalue weighted by molar-refractivity contribution is 7.15. The van der Waals surface area contributed by atoms with Crippen LogP contribution in [0.15, 0.2) is 30.5 Å². The number of hydrogen-bond acceptors (Lipinski definition) is 3. The van der Waals surface area contributed by atoms with E-state index in [-0.39, 0.29) is 5.82 Å². The molecule has 17 heavy (non-hydrogen) atoms. The summed E-state index contributed by atoms with van der Waals surface area (Å²) in [7, 11) is 0. The van der Waals surface area contributed by atoms with Crippen LogP contribution in [0.1, 0.15) is 17.8 Å². The zero-order valence-corrected chi connectivity index (χ0v) is 10.1. The van der Waals surface area contributed by atoms with E-state index < -0.39 is 0 Å². The minimum atomic E-state index is -0.200. The van der Waals surface area contributed by atoms with Crippen LogP contribution in [-0.4, -0.2) is 11.0 Å². The van der Waals surface area contributed by atoms with E-state index in [9.17, 15) is 4.39 Å². The van der Waals surface area contributed by atoms with Crippen molar-refractivity contribution in [1.29, 1.82) is 0 Å². The predicted octanol–water partition coefficient (Wildman–Crippen LogP) is 3.20. The molecule has 88 valence electrons. The second kappa shape index (κ2) is 4.55. The highest BCUT2D eigenvalue weighted by atomic mass is 32.1. The third-order valence-electron chi connectivity index (χ3n) is 2.80. The highest BCUT2D eigenvalue weighted by Gasteiger charge is 2.20. The summed E-state index contributed by atoms with van der Waals surface area (Å²) in [5.74, 6) is -0.200. The lowest BCUT2D eigenvalue weighted by Crippen LogP contribution is -2.14. The molecule has 0 aliphatic heterocycles. The Kier molecular flexibility index (Phi) is 2.91. The Morgan fingerprint density at radius 1 is 1.29 bits per heavy atom. The zero-order valence-electron chi connectivity index (χ0n) is 9.32. The first kappa shape index (κ1) is 10.9. The molecule has 2 nitrogen and oxygen atoms in total. The van der Waals surface area contributed by atoms with Crippen molar-refractivity contribution < 1.29 is 4.39 Å². The quantitative estimate of drug-likeness (QED) is 0.898. The standard InChI is InChI=1S/C13H13FN2S/c14-10-3-1-9(2-4-10)12-7-16-13(17-12)8-15-11-5-6-11/h1-4,7,11,15H,5-6,8H2. The molecule has 1 aliphatic carbocycles. The van der Waals surface area contributed by atoms with E-state index in [1.54, 1.807) is 23.5 Å². The normalized spacial score (nSPS) is 15.1. The third-order valence-corrected chi connectivity index (χ3v) is 3.85. The van der Waals surface area contributed by atoms with E-state index >= 15 is 0 Å². The summed E-state index contributed by atoms with van der Waals surface area (Å²) in [6.07, 6.45) is 4.44. The van der Waals surface area contributed by atoms with Crippen LogP contribution in [-0.2, 0) is 6.54 Å². The highest BCUT2D eigenvalue weighted by Crippen LogP contribution is 2.27. The second-order valence-electron chi connectivity index (χ2n) is 4.28. The van der Waals surface area contributed by atoms with E-state index in [0.29, 0.717) is 6.04 Å². The van der Waals surface area contributed by atoms with Gasteiger partial charge in [-0.2, -0.15) is 0 Å². The van der Waals surface area contributed by atoms with Gasteiger partial charge < -0.3 is 5.32 Å². The van der Waals surface area contributed by atoms with Gasteiger partial charge >= 0.3 is 0 Å². The van der Waals surface area contributed by atoms with Crippen LogP contribution in [0.25, 0.3) is 10.4 Å². The van der Waals surface area contributed by atoms with Crippen LogP contribution < -0.4 is 5.32 Å². The Balaban J connectivity index is 1.72. The number of halogens is 1. The van der Waals surface area contributed by atoms with Gasteiger partial charge in [0, 0.05) is 18.8 Å². The molecule has 1 saturated carbocycles. The summed E-state index contributed by atoms with van der Waals surface area (Å²) in [5.41, 5.74) is 1.03.